The van der Waals surface area contributed by atoms with E-state index < -0.39 is 4.92 Å². The number of nitrogens with one attached hydrogen (secondary N) is 2. The molecule has 0 spiro atoms. The molecule has 0 saturated carbocycles. The minimum atomic E-state index is -0.506. The third-order valence-electron chi connectivity index (χ3n) is 4.39. The number of piperazine rings is 1. The number of ether oxygens (including phenoxy) is 1. The lowest BCUT2D eigenvalue weighted by atomic mass is 10.2. The lowest BCUT2D eigenvalue weighted by Gasteiger charge is -2.31. The highest BCUT2D eigenvalue weighted by Crippen LogP contribution is 2.28. The molecule has 0 aliphatic carbocycles. The quantitative estimate of drug-likeness (QED) is 0.529. The third kappa shape index (κ3) is 4.67. The number of carbonyl (C=O) groups excluding carboxylic acids is 1. The molecule has 2 N–H and O–H groups in total. The number of carbonyl (C=O) groups is 1. The number of quaternary nitrogens is 1. The van der Waals surface area contributed by atoms with Crippen LogP contribution in [0.4, 0.5) is 17.3 Å². The third-order valence-corrected chi connectivity index (χ3v) is 4.39. The second-order valence-electron chi connectivity index (χ2n) is 6.15. The molecule has 1 aliphatic rings. The SMILES string of the molecule is COc1cc([N+](=O)[O-])ccc1NC(=O)C[NH+]1CCN(c2ncccn2)CC1. The summed E-state index contributed by atoms with van der Waals surface area (Å²) in [6.07, 6.45) is 3.43. The van der Waals surface area contributed by atoms with Crippen molar-refractivity contribution in [2.45, 2.75) is 0 Å². The first-order valence-electron chi connectivity index (χ1n) is 8.54. The largest absolute Gasteiger partial charge is 0.494 e. The molecule has 1 fully saturated rings. The number of amides is 1. The van der Waals surface area contributed by atoms with Crippen molar-refractivity contribution < 1.29 is 19.4 Å². The molecular weight excluding hydrogens is 352 g/mol. The zero-order chi connectivity index (χ0) is 19.2. The number of nitro groups is 1. The Bertz CT molecular complexity index is 808. The maximum atomic E-state index is 12.4. The smallest absolute Gasteiger partial charge is 0.279 e. The number of anilines is 2. The lowest BCUT2D eigenvalue weighted by Crippen LogP contribution is -3.15. The van der Waals surface area contributed by atoms with Gasteiger partial charge in [0, 0.05) is 18.5 Å². The summed E-state index contributed by atoms with van der Waals surface area (Å²) in [5.74, 6) is 0.803. The summed E-state index contributed by atoms with van der Waals surface area (Å²) >= 11 is 0. The fourth-order valence-corrected chi connectivity index (χ4v) is 2.97. The molecule has 1 aliphatic heterocycles. The summed E-state index contributed by atoms with van der Waals surface area (Å²) in [6, 6.07) is 5.89. The van der Waals surface area contributed by atoms with E-state index >= 15 is 0 Å². The van der Waals surface area contributed by atoms with Crippen LogP contribution >= 0.6 is 0 Å². The van der Waals surface area contributed by atoms with Gasteiger partial charge in [-0.1, -0.05) is 0 Å². The first kappa shape index (κ1) is 18.5. The molecule has 1 aromatic carbocycles. The zero-order valence-corrected chi connectivity index (χ0v) is 14.9. The van der Waals surface area contributed by atoms with Crippen molar-refractivity contribution in [3.8, 4) is 5.75 Å². The second kappa shape index (κ2) is 8.41. The van der Waals surface area contributed by atoms with Crippen LogP contribution in [0, 0.1) is 10.1 Å². The molecule has 0 atom stereocenters. The number of nitrogens with zero attached hydrogens (tertiary/aromatic N) is 4. The summed E-state index contributed by atoms with van der Waals surface area (Å²) in [5.41, 5.74) is 0.332. The van der Waals surface area contributed by atoms with Crippen LogP contribution in [0.3, 0.4) is 0 Å². The van der Waals surface area contributed by atoms with Crippen LogP contribution in [0.2, 0.25) is 0 Å². The number of rotatable bonds is 6. The van der Waals surface area contributed by atoms with Crippen molar-refractivity contribution in [3.63, 3.8) is 0 Å². The first-order valence-corrected chi connectivity index (χ1v) is 8.54. The average molecular weight is 373 g/mol. The van der Waals surface area contributed by atoms with Gasteiger partial charge in [-0.2, -0.15) is 0 Å². The Morgan fingerprint density at radius 3 is 2.67 bits per heavy atom. The molecule has 142 valence electrons. The predicted octanol–water partition coefficient (Wildman–Crippen LogP) is -0.263. The van der Waals surface area contributed by atoms with Gasteiger partial charge in [-0.3, -0.25) is 14.9 Å². The van der Waals surface area contributed by atoms with E-state index in [9.17, 15) is 14.9 Å². The fraction of sp³-hybridized carbons (Fsp3) is 0.353. The van der Waals surface area contributed by atoms with Crippen molar-refractivity contribution in [1.82, 2.24) is 9.97 Å². The maximum absolute atomic E-state index is 12.4. The van der Waals surface area contributed by atoms with Crippen LogP contribution in [0.1, 0.15) is 0 Å². The Morgan fingerprint density at radius 1 is 1.33 bits per heavy atom. The molecule has 1 aromatic heterocycles. The van der Waals surface area contributed by atoms with E-state index in [1.54, 1.807) is 18.5 Å². The van der Waals surface area contributed by atoms with Gasteiger partial charge in [0.05, 0.1) is 50.0 Å². The number of non-ortho nitro benzene ring substituents is 1. The normalized spacial score (nSPS) is 14.6. The summed E-state index contributed by atoms with van der Waals surface area (Å²) < 4.78 is 5.14. The maximum Gasteiger partial charge on any atom is 0.279 e. The highest BCUT2D eigenvalue weighted by molar-refractivity contribution is 5.93. The standard InChI is InChI=1S/C17H20N6O4/c1-27-15-11-13(23(25)26)3-4-14(15)20-16(24)12-21-7-9-22(10-8-21)17-18-5-2-6-19-17/h2-6,11H,7-10,12H2,1H3,(H,20,24)/p+1. The molecule has 0 bridgehead atoms. The van der Waals surface area contributed by atoms with Crippen LogP contribution in [-0.2, 0) is 4.79 Å². The van der Waals surface area contributed by atoms with Gasteiger partial charge in [0.2, 0.25) is 5.95 Å². The zero-order valence-electron chi connectivity index (χ0n) is 14.9. The average Bonchev–Trinajstić information content (AvgIpc) is 2.69. The second-order valence-corrected chi connectivity index (χ2v) is 6.15. The van der Waals surface area contributed by atoms with Crippen LogP contribution in [0.25, 0.3) is 0 Å². The van der Waals surface area contributed by atoms with Crippen molar-refractivity contribution >= 4 is 23.2 Å². The first-order chi connectivity index (χ1) is 13.1. The molecule has 1 amide bonds. The Balaban J connectivity index is 1.54. The molecule has 1 saturated heterocycles. The predicted molar refractivity (Wildman–Crippen MR) is 98.1 cm³/mol. The number of aromatic nitrogens is 2. The Kier molecular flexibility index (Phi) is 5.77. The van der Waals surface area contributed by atoms with Gasteiger partial charge in [0.1, 0.15) is 5.75 Å². The summed E-state index contributed by atoms with van der Waals surface area (Å²) in [5, 5.41) is 13.6. The van der Waals surface area contributed by atoms with Gasteiger partial charge < -0.3 is 19.9 Å². The van der Waals surface area contributed by atoms with E-state index in [4.69, 9.17) is 4.74 Å². The Hall–Kier alpha value is -3.27. The Morgan fingerprint density at radius 2 is 2.04 bits per heavy atom. The van der Waals surface area contributed by atoms with Gasteiger partial charge in [-0.25, -0.2) is 9.97 Å². The Labute approximate surface area is 155 Å². The molecule has 10 nitrogen and oxygen atoms in total. The van der Waals surface area contributed by atoms with Gasteiger partial charge >= 0.3 is 0 Å². The number of hydrogen-bond acceptors (Lipinski definition) is 7. The van der Waals surface area contributed by atoms with Crippen LogP contribution in [-0.4, -0.2) is 60.6 Å². The highest BCUT2D eigenvalue weighted by Gasteiger charge is 2.24. The van der Waals surface area contributed by atoms with Gasteiger partial charge in [0.15, 0.2) is 6.54 Å². The topological polar surface area (TPSA) is 115 Å². The van der Waals surface area contributed by atoms with Crippen molar-refractivity contribution in [3.05, 3.63) is 46.8 Å². The molecule has 10 heteroatoms. The van der Waals surface area contributed by atoms with Gasteiger partial charge in [-0.15, -0.1) is 0 Å². The van der Waals surface area contributed by atoms with Crippen molar-refractivity contribution in [1.29, 1.82) is 0 Å². The van der Waals surface area contributed by atoms with E-state index in [0.717, 1.165) is 31.1 Å². The van der Waals surface area contributed by atoms with E-state index in [1.807, 2.05) is 0 Å². The van der Waals surface area contributed by atoms with Gasteiger partial charge in [-0.05, 0) is 12.1 Å². The molecule has 2 aromatic rings. The van der Waals surface area contributed by atoms with Crippen LogP contribution in [0.5, 0.6) is 5.75 Å². The molecule has 0 unspecified atom stereocenters. The summed E-state index contributed by atoms with van der Waals surface area (Å²) in [7, 11) is 1.41. The minimum Gasteiger partial charge on any atom is -0.494 e. The minimum absolute atomic E-state index is 0.0882. The molecule has 27 heavy (non-hydrogen) atoms. The van der Waals surface area contributed by atoms with E-state index in [2.05, 4.69) is 20.2 Å². The highest BCUT2D eigenvalue weighted by atomic mass is 16.6. The monoisotopic (exact) mass is 373 g/mol. The molecular formula is C17H21N6O4+. The molecule has 0 radical (unpaired) electrons. The fourth-order valence-electron chi connectivity index (χ4n) is 2.97. The lowest BCUT2D eigenvalue weighted by molar-refractivity contribution is -0.892. The number of benzene rings is 1. The van der Waals surface area contributed by atoms with E-state index in [1.165, 1.54) is 25.3 Å². The van der Waals surface area contributed by atoms with Crippen molar-refractivity contribution in [2.24, 2.45) is 0 Å². The number of hydrogen-bond donors (Lipinski definition) is 2. The molecule has 3 rings (SSSR count). The van der Waals surface area contributed by atoms with Gasteiger partial charge in [0.25, 0.3) is 11.6 Å². The van der Waals surface area contributed by atoms with Crippen molar-refractivity contribution in [2.75, 3.05) is 50.1 Å². The van der Waals surface area contributed by atoms with Crippen LogP contribution < -0.4 is 19.9 Å². The van der Waals surface area contributed by atoms with Crippen LogP contribution in [0.15, 0.2) is 36.7 Å². The summed E-state index contributed by atoms with van der Waals surface area (Å²) in [4.78, 5) is 34.4. The molecule has 2 heterocycles. The summed E-state index contributed by atoms with van der Waals surface area (Å²) in [6.45, 7) is 3.44. The number of methoxy groups -OCH3 is 1. The van der Waals surface area contributed by atoms with E-state index in [-0.39, 0.29) is 17.3 Å². The van der Waals surface area contributed by atoms with E-state index in [0.29, 0.717) is 18.2 Å². The number of nitro benzene ring substituents is 1.